The second kappa shape index (κ2) is 6.86. The highest BCUT2D eigenvalue weighted by molar-refractivity contribution is 5.21. The van der Waals surface area contributed by atoms with Crippen molar-refractivity contribution in [3.8, 4) is 0 Å². The Balaban J connectivity index is 2.23. The maximum Gasteiger partial charge on any atom is 0.127 e. The Labute approximate surface area is 127 Å². The lowest BCUT2D eigenvalue weighted by Crippen LogP contribution is -2.57. The Morgan fingerprint density at radius 1 is 1.48 bits per heavy atom. The van der Waals surface area contributed by atoms with Crippen LogP contribution in [0, 0.1) is 5.82 Å². The number of halogens is 1. The lowest BCUT2D eigenvalue weighted by Gasteiger charge is -2.49. The van der Waals surface area contributed by atoms with E-state index in [1.807, 2.05) is 19.1 Å². The number of hydrogen-bond donors (Lipinski definition) is 1. The van der Waals surface area contributed by atoms with E-state index in [0.29, 0.717) is 6.54 Å². The normalized spacial score (nSPS) is 27.8. The zero-order chi connectivity index (χ0) is 15.5. The molecule has 1 fully saturated rings. The van der Waals surface area contributed by atoms with Crippen LogP contribution in [0.3, 0.4) is 0 Å². The summed E-state index contributed by atoms with van der Waals surface area (Å²) in [6, 6.07) is 6.98. The van der Waals surface area contributed by atoms with E-state index in [0.717, 1.165) is 31.4 Å². The minimum absolute atomic E-state index is 0.00893. The molecule has 0 spiro atoms. The van der Waals surface area contributed by atoms with Crippen LogP contribution in [0.25, 0.3) is 0 Å². The molecule has 1 aromatic rings. The van der Waals surface area contributed by atoms with Crippen molar-refractivity contribution in [2.24, 2.45) is 5.73 Å². The summed E-state index contributed by atoms with van der Waals surface area (Å²) in [7, 11) is 2.06. The maximum atomic E-state index is 14.1. The third-order valence-electron chi connectivity index (χ3n) is 5.05. The third kappa shape index (κ3) is 3.28. The molecular formula is C17H27FN2O. The number of rotatable bonds is 5. The molecule has 0 aromatic heterocycles. The summed E-state index contributed by atoms with van der Waals surface area (Å²) in [6.07, 6.45) is 3.05. The monoisotopic (exact) mass is 294 g/mol. The highest BCUT2D eigenvalue weighted by Gasteiger charge is 2.41. The van der Waals surface area contributed by atoms with Gasteiger partial charge in [-0.1, -0.05) is 25.1 Å². The summed E-state index contributed by atoms with van der Waals surface area (Å²) in [5, 5.41) is 0. The van der Waals surface area contributed by atoms with Crippen molar-refractivity contribution in [3.05, 3.63) is 35.6 Å². The fraction of sp³-hybridized carbons (Fsp3) is 0.647. The van der Waals surface area contributed by atoms with Gasteiger partial charge in [-0.25, -0.2) is 4.39 Å². The van der Waals surface area contributed by atoms with Gasteiger partial charge >= 0.3 is 0 Å². The van der Waals surface area contributed by atoms with Crippen LogP contribution in [0.5, 0.6) is 0 Å². The minimum Gasteiger partial charge on any atom is -0.378 e. The van der Waals surface area contributed by atoms with Crippen LogP contribution in [0.1, 0.15) is 44.7 Å². The van der Waals surface area contributed by atoms with Crippen molar-refractivity contribution in [2.75, 3.05) is 20.2 Å². The lowest BCUT2D eigenvalue weighted by atomic mass is 9.83. The molecule has 4 heteroatoms. The van der Waals surface area contributed by atoms with E-state index in [1.165, 1.54) is 6.07 Å². The van der Waals surface area contributed by atoms with Gasteiger partial charge in [0, 0.05) is 30.3 Å². The number of benzene rings is 1. The Morgan fingerprint density at radius 2 is 2.19 bits per heavy atom. The highest BCUT2D eigenvalue weighted by atomic mass is 19.1. The van der Waals surface area contributed by atoms with Gasteiger partial charge in [0.05, 0.1) is 6.10 Å². The quantitative estimate of drug-likeness (QED) is 0.907. The highest BCUT2D eigenvalue weighted by Crippen LogP contribution is 2.36. The van der Waals surface area contributed by atoms with Crippen molar-refractivity contribution < 1.29 is 9.13 Å². The molecule has 3 atom stereocenters. The first kappa shape index (κ1) is 16.4. The molecule has 0 saturated carbocycles. The van der Waals surface area contributed by atoms with Crippen molar-refractivity contribution >= 4 is 0 Å². The molecule has 1 aliphatic heterocycles. The predicted octanol–water partition coefficient (Wildman–Crippen LogP) is 3.11. The van der Waals surface area contributed by atoms with E-state index in [9.17, 15) is 4.39 Å². The first-order valence-corrected chi connectivity index (χ1v) is 7.83. The van der Waals surface area contributed by atoms with E-state index < -0.39 is 0 Å². The van der Waals surface area contributed by atoms with E-state index in [4.69, 9.17) is 10.5 Å². The van der Waals surface area contributed by atoms with E-state index in [-0.39, 0.29) is 23.5 Å². The van der Waals surface area contributed by atoms with E-state index in [1.54, 1.807) is 6.07 Å². The fourth-order valence-electron chi connectivity index (χ4n) is 3.35. The van der Waals surface area contributed by atoms with Gasteiger partial charge < -0.3 is 10.5 Å². The second-order valence-electron chi connectivity index (χ2n) is 6.09. The molecule has 0 aliphatic carbocycles. The summed E-state index contributed by atoms with van der Waals surface area (Å²) < 4.78 is 19.8. The second-order valence-corrected chi connectivity index (χ2v) is 6.09. The molecule has 1 saturated heterocycles. The van der Waals surface area contributed by atoms with Gasteiger partial charge in [0.2, 0.25) is 0 Å². The maximum absolute atomic E-state index is 14.1. The molecule has 118 valence electrons. The van der Waals surface area contributed by atoms with Crippen LogP contribution in [-0.2, 0) is 4.74 Å². The van der Waals surface area contributed by atoms with Crippen LogP contribution in [0.2, 0.25) is 0 Å². The van der Waals surface area contributed by atoms with Crippen LogP contribution < -0.4 is 5.73 Å². The van der Waals surface area contributed by atoms with Gasteiger partial charge in [0.1, 0.15) is 5.82 Å². The van der Waals surface area contributed by atoms with Crippen LogP contribution in [-0.4, -0.2) is 36.7 Å². The summed E-state index contributed by atoms with van der Waals surface area (Å²) in [5.74, 6) is -0.150. The largest absolute Gasteiger partial charge is 0.378 e. The Bertz CT molecular complexity index is 468. The van der Waals surface area contributed by atoms with Gasteiger partial charge in [-0.05, 0) is 39.3 Å². The van der Waals surface area contributed by atoms with Crippen LogP contribution in [0.15, 0.2) is 24.3 Å². The number of nitrogens with zero attached hydrogens (tertiary/aromatic N) is 1. The fourth-order valence-corrected chi connectivity index (χ4v) is 3.35. The van der Waals surface area contributed by atoms with Gasteiger partial charge in [-0.2, -0.15) is 0 Å². The van der Waals surface area contributed by atoms with Crippen molar-refractivity contribution in [2.45, 2.75) is 50.8 Å². The lowest BCUT2D eigenvalue weighted by molar-refractivity contribution is -0.0750. The Kier molecular flexibility index (Phi) is 5.36. The third-order valence-corrected chi connectivity index (χ3v) is 5.05. The molecule has 1 heterocycles. The zero-order valence-electron chi connectivity index (χ0n) is 13.3. The molecule has 2 N–H and O–H groups in total. The zero-order valence-corrected chi connectivity index (χ0v) is 13.3. The molecule has 21 heavy (non-hydrogen) atoms. The first-order chi connectivity index (χ1) is 10.0. The Hall–Kier alpha value is -0.970. The van der Waals surface area contributed by atoms with Gasteiger partial charge in [0.15, 0.2) is 0 Å². The summed E-state index contributed by atoms with van der Waals surface area (Å²) >= 11 is 0. The van der Waals surface area contributed by atoms with E-state index >= 15 is 0 Å². The number of nitrogens with two attached hydrogens (primary N) is 1. The number of likely N-dealkylation sites (N-methyl/N-ethyl adjacent to an activating group) is 1. The SMILES string of the molecule is CCC1CC(CN)(N(C)C(C)c2ccccc2F)CCO1. The summed E-state index contributed by atoms with van der Waals surface area (Å²) in [6.45, 7) is 5.48. The van der Waals surface area contributed by atoms with Gasteiger partial charge in [0.25, 0.3) is 0 Å². The molecule has 0 radical (unpaired) electrons. The molecule has 3 unspecified atom stereocenters. The van der Waals surface area contributed by atoms with Crippen molar-refractivity contribution in [1.82, 2.24) is 4.90 Å². The van der Waals surface area contributed by atoms with Crippen molar-refractivity contribution in [3.63, 3.8) is 0 Å². The first-order valence-electron chi connectivity index (χ1n) is 7.83. The number of ether oxygens (including phenoxy) is 1. The Morgan fingerprint density at radius 3 is 2.81 bits per heavy atom. The molecule has 1 aliphatic rings. The van der Waals surface area contributed by atoms with E-state index in [2.05, 4.69) is 18.9 Å². The van der Waals surface area contributed by atoms with Gasteiger partial charge in [-0.3, -0.25) is 4.90 Å². The summed E-state index contributed by atoms with van der Waals surface area (Å²) in [5.41, 5.74) is 6.74. The number of hydrogen-bond acceptors (Lipinski definition) is 3. The standard InChI is InChI=1S/C17H27FN2O/c1-4-14-11-17(12-19,9-10-21-14)20(3)13(2)15-7-5-6-8-16(15)18/h5-8,13-14H,4,9-12,19H2,1-3H3. The van der Waals surface area contributed by atoms with Crippen LogP contribution in [0.4, 0.5) is 4.39 Å². The van der Waals surface area contributed by atoms with Crippen LogP contribution >= 0.6 is 0 Å². The smallest absolute Gasteiger partial charge is 0.127 e. The van der Waals surface area contributed by atoms with Crippen molar-refractivity contribution in [1.29, 1.82) is 0 Å². The minimum atomic E-state index is -0.150. The summed E-state index contributed by atoms with van der Waals surface area (Å²) in [4.78, 5) is 2.25. The topological polar surface area (TPSA) is 38.5 Å². The molecule has 2 rings (SSSR count). The molecular weight excluding hydrogens is 267 g/mol. The molecule has 3 nitrogen and oxygen atoms in total. The molecule has 0 amide bonds. The molecule has 1 aromatic carbocycles. The molecule has 0 bridgehead atoms. The average Bonchev–Trinajstić information content (AvgIpc) is 2.53. The van der Waals surface area contributed by atoms with Gasteiger partial charge in [-0.15, -0.1) is 0 Å². The average molecular weight is 294 g/mol. The predicted molar refractivity (Wildman–Crippen MR) is 83.6 cm³/mol.